The quantitative estimate of drug-likeness (QED) is 0.313. The number of likely N-dealkylation sites (tertiary alicyclic amines) is 1. The van der Waals surface area contributed by atoms with Crippen LogP contribution in [0.3, 0.4) is 0 Å². The number of aliphatic hydroxyl groups is 1. The first-order chi connectivity index (χ1) is 16.9. The van der Waals surface area contributed by atoms with Crippen molar-refractivity contribution < 1.29 is 24.1 Å². The van der Waals surface area contributed by atoms with Crippen LogP contribution >= 0.6 is 11.8 Å². The predicted octanol–water partition coefficient (Wildman–Crippen LogP) is 4.41. The van der Waals surface area contributed by atoms with Crippen molar-refractivity contribution >= 4 is 28.6 Å². The molecule has 0 bridgehead atoms. The number of hydrogen-bond acceptors (Lipinski definition) is 7. The van der Waals surface area contributed by atoms with Crippen LogP contribution < -0.4 is 4.74 Å². The summed E-state index contributed by atoms with van der Waals surface area (Å²) in [4.78, 5) is 22.4. The molecule has 7 nitrogen and oxygen atoms in total. The Bertz CT molecular complexity index is 1160. The number of carbonyl (C=O) groups is 1. The van der Waals surface area contributed by atoms with Crippen molar-refractivity contribution in [3.8, 4) is 5.75 Å². The third-order valence-corrected chi connectivity index (χ3v) is 7.57. The molecule has 35 heavy (non-hydrogen) atoms. The molecule has 1 aliphatic rings. The molecule has 3 aromatic rings. The van der Waals surface area contributed by atoms with E-state index in [2.05, 4.69) is 14.9 Å². The lowest BCUT2D eigenvalue weighted by Crippen LogP contribution is -2.44. The molecule has 0 amide bonds. The number of halogens is 1. The summed E-state index contributed by atoms with van der Waals surface area (Å²) >= 11 is 1.47. The minimum absolute atomic E-state index is 0.00132. The number of ether oxygens (including phenoxy) is 1. The molecule has 3 atom stereocenters. The average molecular weight is 500 g/mol. The fraction of sp³-hybridized carbons (Fsp3) is 0.423. The van der Waals surface area contributed by atoms with Gasteiger partial charge in [0.2, 0.25) is 5.95 Å². The molecule has 2 N–H and O–H groups in total. The number of carboxylic acid groups (broad SMARTS) is 1. The van der Waals surface area contributed by atoms with Crippen molar-refractivity contribution in [3.05, 3.63) is 60.2 Å². The van der Waals surface area contributed by atoms with E-state index in [0.717, 1.165) is 29.4 Å². The Morgan fingerprint density at radius 1 is 1.31 bits per heavy atom. The maximum absolute atomic E-state index is 13.3. The van der Waals surface area contributed by atoms with Crippen molar-refractivity contribution in [2.45, 2.75) is 30.4 Å². The van der Waals surface area contributed by atoms with Crippen LogP contribution in [0.4, 0.5) is 4.39 Å². The van der Waals surface area contributed by atoms with Crippen LogP contribution in [-0.2, 0) is 4.79 Å². The van der Waals surface area contributed by atoms with Gasteiger partial charge in [0.05, 0.1) is 29.7 Å². The smallest absolute Gasteiger partial charge is 0.308 e. The highest BCUT2D eigenvalue weighted by molar-refractivity contribution is 7.99. The molecule has 4 rings (SSSR count). The molecule has 0 spiro atoms. The SMILES string of the molecule is COc1ccc2nccc([C@@H](O)CC[C@@H]3CCN(CCSc4cccc(F)n4)C[C@@H]3C(=O)O)c2c1. The van der Waals surface area contributed by atoms with Gasteiger partial charge in [-0.2, -0.15) is 4.39 Å². The minimum atomic E-state index is -0.798. The van der Waals surface area contributed by atoms with Crippen LogP contribution in [0.5, 0.6) is 5.75 Å². The van der Waals surface area contributed by atoms with Crippen LogP contribution in [0, 0.1) is 17.8 Å². The number of aliphatic carboxylic acids is 1. The molecule has 1 saturated heterocycles. The topological polar surface area (TPSA) is 95.8 Å². The van der Waals surface area contributed by atoms with Gasteiger partial charge in [0.15, 0.2) is 0 Å². The van der Waals surface area contributed by atoms with Gasteiger partial charge in [0.1, 0.15) is 5.75 Å². The van der Waals surface area contributed by atoms with E-state index in [1.165, 1.54) is 17.8 Å². The summed E-state index contributed by atoms with van der Waals surface area (Å²) in [5.74, 6) is -0.370. The van der Waals surface area contributed by atoms with Crippen LogP contribution in [0.1, 0.15) is 30.9 Å². The second-order valence-corrected chi connectivity index (χ2v) is 9.93. The molecule has 0 saturated carbocycles. The molecular weight excluding hydrogens is 469 g/mol. The lowest BCUT2D eigenvalue weighted by Gasteiger charge is -2.36. The first-order valence-corrected chi connectivity index (χ1v) is 12.7. The van der Waals surface area contributed by atoms with E-state index in [0.29, 0.717) is 42.5 Å². The highest BCUT2D eigenvalue weighted by Gasteiger charge is 2.34. The van der Waals surface area contributed by atoms with Crippen molar-refractivity contribution in [1.29, 1.82) is 0 Å². The van der Waals surface area contributed by atoms with Gasteiger partial charge >= 0.3 is 5.97 Å². The molecule has 0 aliphatic carbocycles. The first kappa shape index (κ1) is 25.3. The molecule has 2 aromatic heterocycles. The van der Waals surface area contributed by atoms with Crippen molar-refractivity contribution in [3.63, 3.8) is 0 Å². The molecule has 1 aromatic carbocycles. The number of carboxylic acids is 1. The third-order valence-electron chi connectivity index (χ3n) is 6.66. The number of aromatic nitrogens is 2. The van der Waals surface area contributed by atoms with Crippen LogP contribution in [-0.4, -0.2) is 63.5 Å². The summed E-state index contributed by atoms with van der Waals surface area (Å²) in [6, 6.07) is 12.1. The van der Waals surface area contributed by atoms with E-state index in [-0.39, 0.29) is 5.92 Å². The fourth-order valence-electron chi connectivity index (χ4n) is 4.74. The number of fused-ring (bicyclic) bond motifs is 1. The predicted molar refractivity (Wildman–Crippen MR) is 133 cm³/mol. The number of aliphatic hydroxyl groups excluding tert-OH is 1. The molecule has 0 unspecified atom stereocenters. The lowest BCUT2D eigenvalue weighted by molar-refractivity contribution is -0.146. The summed E-state index contributed by atoms with van der Waals surface area (Å²) < 4.78 is 18.6. The van der Waals surface area contributed by atoms with Gasteiger partial charge in [-0.25, -0.2) is 4.98 Å². The molecule has 0 radical (unpaired) electrons. The van der Waals surface area contributed by atoms with Gasteiger partial charge in [0.25, 0.3) is 0 Å². The van der Waals surface area contributed by atoms with Crippen molar-refractivity contribution in [2.24, 2.45) is 11.8 Å². The van der Waals surface area contributed by atoms with Gasteiger partial charge in [-0.3, -0.25) is 9.78 Å². The maximum atomic E-state index is 13.3. The minimum Gasteiger partial charge on any atom is -0.497 e. The van der Waals surface area contributed by atoms with E-state index in [1.807, 2.05) is 24.3 Å². The number of rotatable bonds is 10. The summed E-state index contributed by atoms with van der Waals surface area (Å²) in [6.07, 6.45) is 2.84. The number of nitrogens with zero attached hydrogens (tertiary/aromatic N) is 3. The summed E-state index contributed by atoms with van der Waals surface area (Å²) in [5.41, 5.74) is 1.56. The van der Waals surface area contributed by atoms with Gasteiger partial charge < -0.3 is 19.8 Å². The lowest BCUT2D eigenvalue weighted by atomic mass is 9.81. The third kappa shape index (κ3) is 6.48. The summed E-state index contributed by atoms with van der Waals surface area (Å²) in [7, 11) is 1.60. The highest BCUT2D eigenvalue weighted by atomic mass is 32.2. The van der Waals surface area contributed by atoms with Crippen LogP contribution in [0.15, 0.2) is 53.7 Å². The zero-order valence-electron chi connectivity index (χ0n) is 19.6. The molecule has 1 aliphatic heterocycles. The first-order valence-electron chi connectivity index (χ1n) is 11.8. The zero-order chi connectivity index (χ0) is 24.8. The monoisotopic (exact) mass is 499 g/mol. The maximum Gasteiger partial charge on any atom is 0.308 e. The van der Waals surface area contributed by atoms with Gasteiger partial charge in [0, 0.05) is 30.4 Å². The normalized spacial score (nSPS) is 19.5. The number of benzene rings is 1. The van der Waals surface area contributed by atoms with Gasteiger partial charge in [-0.15, -0.1) is 11.8 Å². The van der Waals surface area contributed by atoms with Crippen LogP contribution in [0.2, 0.25) is 0 Å². The fourth-order valence-corrected chi connectivity index (χ4v) is 5.62. The molecule has 3 heterocycles. The second kappa shape index (κ2) is 11.8. The van der Waals surface area contributed by atoms with Gasteiger partial charge in [-0.1, -0.05) is 6.07 Å². The summed E-state index contributed by atoms with van der Waals surface area (Å²) in [5, 5.41) is 22.3. The number of methoxy groups -OCH3 is 1. The van der Waals surface area contributed by atoms with Crippen LogP contribution in [0.25, 0.3) is 10.9 Å². The Labute approximate surface area is 208 Å². The number of pyridine rings is 2. The Morgan fingerprint density at radius 3 is 2.94 bits per heavy atom. The van der Waals surface area contributed by atoms with Crippen molar-refractivity contribution in [2.75, 3.05) is 32.5 Å². The van der Waals surface area contributed by atoms with Gasteiger partial charge in [-0.05, 0) is 73.7 Å². The summed E-state index contributed by atoms with van der Waals surface area (Å²) in [6.45, 7) is 1.99. The number of piperidine rings is 1. The Morgan fingerprint density at radius 2 is 2.17 bits per heavy atom. The largest absolute Gasteiger partial charge is 0.497 e. The Hall–Kier alpha value is -2.75. The standard InChI is InChI=1S/C26H30FN3O4S/c1-34-18-6-7-22-20(15-18)19(9-11-28-22)23(31)8-5-17-10-12-30(16-21(17)26(32)33)13-14-35-25-4-2-3-24(27)29-25/h2-4,6-7,9,11,15,17,21,23,31H,5,8,10,12-14,16H2,1H3,(H,32,33)/t17-,21+,23+/m1/s1. The van der Waals surface area contributed by atoms with E-state index in [4.69, 9.17) is 4.74 Å². The molecule has 9 heteroatoms. The molecular formula is C26H30FN3O4S. The molecule has 1 fully saturated rings. The van der Waals surface area contributed by atoms with E-state index in [1.54, 1.807) is 25.4 Å². The number of thioether (sulfide) groups is 1. The van der Waals surface area contributed by atoms with E-state index < -0.39 is 23.9 Å². The molecule has 186 valence electrons. The highest BCUT2D eigenvalue weighted by Crippen LogP contribution is 2.34. The number of hydrogen-bond donors (Lipinski definition) is 2. The van der Waals surface area contributed by atoms with E-state index >= 15 is 0 Å². The Kier molecular flexibility index (Phi) is 8.54. The Balaban J connectivity index is 1.33. The van der Waals surface area contributed by atoms with Crippen molar-refractivity contribution in [1.82, 2.24) is 14.9 Å². The zero-order valence-corrected chi connectivity index (χ0v) is 20.5. The second-order valence-electron chi connectivity index (χ2n) is 8.82. The average Bonchev–Trinajstić information content (AvgIpc) is 2.87. The van der Waals surface area contributed by atoms with E-state index in [9.17, 15) is 19.4 Å².